The predicted molar refractivity (Wildman–Crippen MR) is 36.7 cm³/mol. The van der Waals surface area contributed by atoms with Gasteiger partial charge in [0.1, 0.15) is 0 Å². The molecule has 52 valence electrons. The minimum absolute atomic E-state index is 0.670. The Bertz CT molecular complexity index is 129. The van der Waals surface area contributed by atoms with Crippen molar-refractivity contribution in [3.8, 4) is 0 Å². The maximum Gasteiger partial charge on any atom is 0.183 e. The standard InChI is InChI=1S/C7H13NO/c1-2-6-4-3-5-9-7(6)8/h2-5,8H2,1H3. The van der Waals surface area contributed by atoms with Gasteiger partial charge in [0.05, 0.1) is 6.61 Å². The molecule has 0 bridgehead atoms. The van der Waals surface area contributed by atoms with Crippen LogP contribution in [0.3, 0.4) is 0 Å². The first kappa shape index (κ1) is 6.46. The molecule has 0 amide bonds. The van der Waals surface area contributed by atoms with E-state index < -0.39 is 0 Å². The lowest BCUT2D eigenvalue weighted by Gasteiger charge is -2.16. The number of ether oxygens (including phenoxy) is 1. The first-order valence-corrected chi connectivity index (χ1v) is 3.45. The van der Waals surface area contributed by atoms with Crippen LogP contribution in [0.1, 0.15) is 26.2 Å². The van der Waals surface area contributed by atoms with E-state index in [1.807, 2.05) is 0 Å². The first-order chi connectivity index (χ1) is 4.34. The maximum absolute atomic E-state index is 5.55. The van der Waals surface area contributed by atoms with Gasteiger partial charge in [-0.05, 0) is 24.8 Å². The number of rotatable bonds is 1. The summed E-state index contributed by atoms with van der Waals surface area (Å²) in [6, 6.07) is 0. The molecule has 0 fully saturated rings. The summed E-state index contributed by atoms with van der Waals surface area (Å²) >= 11 is 0. The largest absolute Gasteiger partial charge is 0.479 e. The molecule has 0 aromatic carbocycles. The van der Waals surface area contributed by atoms with Crippen LogP contribution in [0.25, 0.3) is 0 Å². The van der Waals surface area contributed by atoms with Crippen LogP contribution in [0.2, 0.25) is 0 Å². The fraction of sp³-hybridized carbons (Fsp3) is 0.714. The lowest BCUT2D eigenvalue weighted by molar-refractivity contribution is 0.183. The molecule has 0 aromatic rings. The zero-order valence-corrected chi connectivity index (χ0v) is 5.81. The fourth-order valence-corrected chi connectivity index (χ4v) is 1.04. The summed E-state index contributed by atoms with van der Waals surface area (Å²) in [5.74, 6) is 0.670. The molecule has 0 radical (unpaired) electrons. The Balaban J connectivity index is 2.59. The third kappa shape index (κ3) is 1.37. The van der Waals surface area contributed by atoms with Crippen LogP contribution in [0.5, 0.6) is 0 Å². The van der Waals surface area contributed by atoms with Gasteiger partial charge in [-0.3, -0.25) is 0 Å². The smallest absolute Gasteiger partial charge is 0.183 e. The van der Waals surface area contributed by atoms with Crippen LogP contribution in [0.15, 0.2) is 11.5 Å². The summed E-state index contributed by atoms with van der Waals surface area (Å²) in [6.45, 7) is 2.91. The Kier molecular flexibility index (Phi) is 1.98. The van der Waals surface area contributed by atoms with E-state index >= 15 is 0 Å². The van der Waals surface area contributed by atoms with Crippen molar-refractivity contribution in [1.82, 2.24) is 0 Å². The Labute approximate surface area is 55.7 Å². The molecule has 0 unspecified atom stereocenters. The van der Waals surface area contributed by atoms with Crippen molar-refractivity contribution in [2.75, 3.05) is 6.61 Å². The van der Waals surface area contributed by atoms with Crippen molar-refractivity contribution in [1.29, 1.82) is 0 Å². The molecule has 2 N–H and O–H groups in total. The third-order valence-corrected chi connectivity index (χ3v) is 1.66. The molecule has 1 aliphatic heterocycles. The molecule has 1 heterocycles. The molecule has 1 rings (SSSR count). The van der Waals surface area contributed by atoms with Gasteiger partial charge in [-0.1, -0.05) is 6.92 Å². The van der Waals surface area contributed by atoms with E-state index in [4.69, 9.17) is 10.5 Å². The van der Waals surface area contributed by atoms with Crippen LogP contribution in [0, 0.1) is 0 Å². The lowest BCUT2D eigenvalue weighted by atomic mass is 10.1. The summed E-state index contributed by atoms with van der Waals surface area (Å²) in [6.07, 6.45) is 3.29. The van der Waals surface area contributed by atoms with Gasteiger partial charge in [-0.15, -0.1) is 0 Å². The molecular weight excluding hydrogens is 114 g/mol. The monoisotopic (exact) mass is 127 g/mol. The van der Waals surface area contributed by atoms with E-state index in [1.54, 1.807) is 0 Å². The lowest BCUT2D eigenvalue weighted by Crippen LogP contribution is -2.12. The quantitative estimate of drug-likeness (QED) is 0.577. The van der Waals surface area contributed by atoms with E-state index in [0.29, 0.717) is 5.88 Å². The summed E-state index contributed by atoms with van der Waals surface area (Å²) in [5, 5.41) is 0. The highest BCUT2D eigenvalue weighted by molar-refractivity contribution is 5.06. The second kappa shape index (κ2) is 2.76. The highest BCUT2D eigenvalue weighted by Crippen LogP contribution is 2.17. The van der Waals surface area contributed by atoms with Crippen molar-refractivity contribution in [2.45, 2.75) is 26.2 Å². The van der Waals surface area contributed by atoms with Crippen LogP contribution in [-0.4, -0.2) is 6.61 Å². The van der Waals surface area contributed by atoms with Crippen molar-refractivity contribution < 1.29 is 4.74 Å². The molecule has 9 heavy (non-hydrogen) atoms. The van der Waals surface area contributed by atoms with Gasteiger partial charge >= 0.3 is 0 Å². The molecule has 0 saturated heterocycles. The Morgan fingerprint density at radius 2 is 2.44 bits per heavy atom. The average molecular weight is 127 g/mol. The first-order valence-electron chi connectivity index (χ1n) is 3.45. The zero-order valence-electron chi connectivity index (χ0n) is 5.81. The van der Waals surface area contributed by atoms with Crippen molar-refractivity contribution in [3.63, 3.8) is 0 Å². The topological polar surface area (TPSA) is 35.2 Å². The number of nitrogens with two attached hydrogens (primary N) is 1. The van der Waals surface area contributed by atoms with Crippen LogP contribution < -0.4 is 5.73 Å². The second-order valence-electron chi connectivity index (χ2n) is 2.27. The fourth-order valence-electron chi connectivity index (χ4n) is 1.04. The maximum atomic E-state index is 5.55. The van der Waals surface area contributed by atoms with E-state index in [0.717, 1.165) is 25.9 Å². The highest BCUT2D eigenvalue weighted by Gasteiger charge is 2.07. The van der Waals surface area contributed by atoms with Crippen molar-refractivity contribution >= 4 is 0 Å². The molecule has 0 saturated carbocycles. The minimum atomic E-state index is 0.670. The van der Waals surface area contributed by atoms with Crippen LogP contribution >= 0.6 is 0 Å². The van der Waals surface area contributed by atoms with E-state index in [1.165, 1.54) is 5.57 Å². The third-order valence-electron chi connectivity index (χ3n) is 1.66. The molecule has 2 heteroatoms. The normalized spacial score (nSPS) is 19.7. The Morgan fingerprint density at radius 1 is 1.67 bits per heavy atom. The molecule has 0 aromatic heterocycles. The summed E-state index contributed by atoms with van der Waals surface area (Å²) in [4.78, 5) is 0. The Hall–Kier alpha value is -0.660. The van der Waals surface area contributed by atoms with Gasteiger partial charge in [-0.2, -0.15) is 0 Å². The van der Waals surface area contributed by atoms with E-state index in [9.17, 15) is 0 Å². The average Bonchev–Trinajstić information content (AvgIpc) is 1.89. The van der Waals surface area contributed by atoms with Gasteiger partial charge in [-0.25, -0.2) is 0 Å². The van der Waals surface area contributed by atoms with Gasteiger partial charge in [0, 0.05) is 0 Å². The minimum Gasteiger partial charge on any atom is -0.479 e. The van der Waals surface area contributed by atoms with E-state index in [-0.39, 0.29) is 0 Å². The van der Waals surface area contributed by atoms with Gasteiger partial charge in [0.15, 0.2) is 5.88 Å². The molecule has 1 aliphatic rings. The van der Waals surface area contributed by atoms with Gasteiger partial charge in [0.25, 0.3) is 0 Å². The summed E-state index contributed by atoms with van der Waals surface area (Å²) in [7, 11) is 0. The number of hydrogen-bond acceptors (Lipinski definition) is 2. The highest BCUT2D eigenvalue weighted by atomic mass is 16.5. The molecule has 2 nitrogen and oxygen atoms in total. The van der Waals surface area contributed by atoms with Crippen molar-refractivity contribution in [3.05, 3.63) is 11.5 Å². The number of allylic oxidation sites excluding steroid dienone is 1. The molecular formula is C7H13NO. The van der Waals surface area contributed by atoms with Gasteiger partial charge < -0.3 is 10.5 Å². The van der Waals surface area contributed by atoms with Crippen LogP contribution in [0.4, 0.5) is 0 Å². The second-order valence-corrected chi connectivity index (χ2v) is 2.27. The molecule has 0 aliphatic carbocycles. The van der Waals surface area contributed by atoms with Crippen LogP contribution in [-0.2, 0) is 4.74 Å². The Morgan fingerprint density at radius 3 is 2.89 bits per heavy atom. The zero-order chi connectivity index (χ0) is 6.69. The van der Waals surface area contributed by atoms with Crippen molar-refractivity contribution in [2.24, 2.45) is 5.73 Å². The predicted octanol–water partition coefficient (Wildman–Crippen LogP) is 1.38. The summed E-state index contributed by atoms with van der Waals surface area (Å²) < 4.78 is 5.14. The van der Waals surface area contributed by atoms with Gasteiger partial charge in [0.2, 0.25) is 0 Å². The number of hydrogen-bond donors (Lipinski definition) is 1. The summed E-state index contributed by atoms with van der Waals surface area (Å²) in [5.41, 5.74) is 6.83. The van der Waals surface area contributed by atoms with E-state index in [2.05, 4.69) is 6.92 Å². The molecule has 0 spiro atoms. The molecule has 0 atom stereocenters. The SMILES string of the molecule is CCC1=C(N)OCCC1.